The highest BCUT2D eigenvalue weighted by atomic mass is 79.9. The molecule has 1 aromatic heterocycles. The number of aromatic nitrogens is 2. The van der Waals surface area contributed by atoms with Crippen LogP contribution in [-0.2, 0) is 0 Å². The number of nitrogens with two attached hydrogens (primary N) is 1. The molecule has 2 aromatic carbocycles. The SMILES string of the molecule is COc1cc(OC)c(-c2cc(-c3ccc(Br)cc3)nc(N)n2)cc1OC. The lowest BCUT2D eigenvalue weighted by Crippen LogP contribution is -2.00. The van der Waals surface area contributed by atoms with Gasteiger partial charge in [0.1, 0.15) is 5.75 Å². The van der Waals surface area contributed by atoms with E-state index >= 15 is 0 Å². The maximum Gasteiger partial charge on any atom is 0.221 e. The van der Waals surface area contributed by atoms with Gasteiger partial charge in [-0.05, 0) is 24.3 Å². The van der Waals surface area contributed by atoms with E-state index < -0.39 is 0 Å². The van der Waals surface area contributed by atoms with Crippen molar-refractivity contribution in [1.82, 2.24) is 9.97 Å². The van der Waals surface area contributed by atoms with Crippen molar-refractivity contribution < 1.29 is 14.2 Å². The molecule has 1 heterocycles. The van der Waals surface area contributed by atoms with Gasteiger partial charge in [0, 0.05) is 21.7 Å². The van der Waals surface area contributed by atoms with Crippen LogP contribution < -0.4 is 19.9 Å². The van der Waals surface area contributed by atoms with Crippen molar-refractivity contribution in [2.24, 2.45) is 0 Å². The van der Waals surface area contributed by atoms with Gasteiger partial charge in [0.15, 0.2) is 11.5 Å². The minimum absolute atomic E-state index is 0.178. The number of hydrogen-bond donors (Lipinski definition) is 1. The molecule has 0 spiro atoms. The number of nitrogen functional groups attached to an aromatic ring is 1. The van der Waals surface area contributed by atoms with Crippen LogP contribution in [0.5, 0.6) is 17.2 Å². The lowest BCUT2D eigenvalue weighted by molar-refractivity contribution is 0.349. The summed E-state index contributed by atoms with van der Waals surface area (Å²) in [4.78, 5) is 8.71. The lowest BCUT2D eigenvalue weighted by atomic mass is 10.1. The summed E-state index contributed by atoms with van der Waals surface area (Å²) in [5.74, 6) is 1.92. The number of benzene rings is 2. The summed E-state index contributed by atoms with van der Waals surface area (Å²) in [6, 6.07) is 13.2. The molecule has 0 bridgehead atoms. The Labute approximate surface area is 160 Å². The van der Waals surface area contributed by atoms with E-state index in [2.05, 4.69) is 25.9 Å². The molecule has 0 saturated carbocycles. The van der Waals surface area contributed by atoms with Crippen molar-refractivity contribution in [1.29, 1.82) is 0 Å². The highest BCUT2D eigenvalue weighted by Gasteiger charge is 2.16. The Morgan fingerprint density at radius 3 is 1.96 bits per heavy atom. The van der Waals surface area contributed by atoms with Gasteiger partial charge in [-0.3, -0.25) is 0 Å². The number of hydrogen-bond acceptors (Lipinski definition) is 6. The monoisotopic (exact) mass is 415 g/mol. The molecule has 0 radical (unpaired) electrons. The Balaban J connectivity index is 2.16. The molecule has 0 fully saturated rings. The number of ether oxygens (including phenoxy) is 3. The smallest absolute Gasteiger partial charge is 0.221 e. The highest BCUT2D eigenvalue weighted by molar-refractivity contribution is 9.10. The number of nitrogens with zero attached hydrogens (tertiary/aromatic N) is 2. The molecule has 0 aliphatic carbocycles. The van der Waals surface area contributed by atoms with Gasteiger partial charge >= 0.3 is 0 Å². The normalized spacial score (nSPS) is 10.5. The summed E-state index contributed by atoms with van der Waals surface area (Å²) < 4.78 is 17.2. The number of anilines is 1. The molecule has 134 valence electrons. The van der Waals surface area contributed by atoms with Gasteiger partial charge in [0.2, 0.25) is 5.95 Å². The maximum atomic E-state index is 5.95. The Hall–Kier alpha value is -2.80. The second-order valence-electron chi connectivity index (χ2n) is 5.41. The van der Waals surface area contributed by atoms with Crippen LogP contribution in [0.3, 0.4) is 0 Å². The minimum atomic E-state index is 0.178. The fourth-order valence-electron chi connectivity index (χ4n) is 2.60. The minimum Gasteiger partial charge on any atom is -0.496 e. The van der Waals surface area contributed by atoms with Gasteiger partial charge in [0.05, 0.1) is 32.7 Å². The molecule has 2 N–H and O–H groups in total. The fraction of sp³-hybridized carbons (Fsp3) is 0.158. The summed E-state index contributed by atoms with van der Waals surface area (Å²) in [6.07, 6.45) is 0. The third kappa shape index (κ3) is 3.57. The van der Waals surface area contributed by atoms with Crippen LogP contribution in [0.25, 0.3) is 22.5 Å². The molecule has 0 aliphatic rings. The third-order valence-corrected chi connectivity index (χ3v) is 4.39. The molecule has 26 heavy (non-hydrogen) atoms. The zero-order valence-corrected chi connectivity index (χ0v) is 16.2. The van der Waals surface area contributed by atoms with Crippen LogP contribution in [-0.4, -0.2) is 31.3 Å². The Kier molecular flexibility index (Phi) is 5.27. The highest BCUT2D eigenvalue weighted by Crippen LogP contribution is 2.40. The molecule has 0 amide bonds. The maximum absolute atomic E-state index is 5.95. The van der Waals surface area contributed by atoms with Crippen LogP contribution in [0, 0.1) is 0 Å². The van der Waals surface area contributed by atoms with Crippen LogP contribution in [0.2, 0.25) is 0 Å². The second-order valence-corrected chi connectivity index (χ2v) is 6.33. The van der Waals surface area contributed by atoms with Crippen LogP contribution in [0.1, 0.15) is 0 Å². The summed E-state index contributed by atoms with van der Waals surface area (Å²) in [5, 5.41) is 0. The van der Waals surface area contributed by atoms with Crippen LogP contribution in [0.15, 0.2) is 46.9 Å². The van der Waals surface area contributed by atoms with Gasteiger partial charge < -0.3 is 19.9 Å². The first-order valence-corrected chi connectivity index (χ1v) is 8.56. The van der Waals surface area contributed by atoms with Gasteiger partial charge in [-0.2, -0.15) is 0 Å². The summed E-state index contributed by atoms with van der Waals surface area (Å²) in [6.45, 7) is 0. The zero-order valence-electron chi connectivity index (χ0n) is 14.6. The van der Waals surface area contributed by atoms with Gasteiger partial charge in [-0.15, -0.1) is 0 Å². The number of rotatable bonds is 5. The second kappa shape index (κ2) is 7.61. The first-order chi connectivity index (χ1) is 12.5. The lowest BCUT2D eigenvalue weighted by Gasteiger charge is -2.14. The molecular weight excluding hydrogens is 398 g/mol. The zero-order chi connectivity index (χ0) is 18.7. The number of halogens is 1. The Morgan fingerprint density at radius 2 is 1.35 bits per heavy atom. The van der Waals surface area contributed by atoms with Crippen molar-refractivity contribution in [3.8, 4) is 39.8 Å². The molecule has 3 rings (SSSR count). The first-order valence-electron chi connectivity index (χ1n) is 7.76. The summed E-state index contributed by atoms with van der Waals surface area (Å²) in [5.41, 5.74) is 8.97. The van der Waals surface area contributed by atoms with E-state index in [-0.39, 0.29) is 5.95 Å². The third-order valence-electron chi connectivity index (χ3n) is 3.87. The van der Waals surface area contributed by atoms with E-state index in [1.54, 1.807) is 27.4 Å². The van der Waals surface area contributed by atoms with E-state index in [9.17, 15) is 0 Å². The molecule has 0 atom stereocenters. The fourth-order valence-corrected chi connectivity index (χ4v) is 2.87. The Bertz CT molecular complexity index is 930. The quantitative estimate of drug-likeness (QED) is 0.672. The number of methoxy groups -OCH3 is 3. The molecular formula is C19H18BrN3O3. The topological polar surface area (TPSA) is 79.5 Å². The van der Waals surface area contributed by atoms with Gasteiger partial charge in [0.25, 0.3) is 0 Å². The van der Waals surface area contributed by atoms with E-state index in [1.165, 1.54) is 0 Å². The van der Waals surface area contributed by atoms with E-state index in [1.807, 2.05) is 36.4 Å². The van der Waals surface area contributed by atoms with Crippen molar-refractivity contribution in [2.45, 2.75) is 0 Å². The van der Waals surface area contributed by atoms with Crippen LogP contribution >= 0.6 is 15.9 Å². The molecule has 0 saturated heterocycles. The predicted molar refractivity (Wildman–Crippen MR) is 105 cm³/mol. The average Bonchev–Trinajstić information content (AvgIpc) is 2.66. The molecule has 0 unspecified atom stereocenters. The van der Waals surface area contributed by atoms with Crippen molar-refractivity contribution >= 4 is 21.9 Å². The molecule has 3 aromatic rings. The summed E-state index contributed by atoms with van der Waals surface area (Å²) >= 11 is 3.43. The van der Waals surface area contributed by atoms with E-state index in [4.69, 9.17) is 19.9 Å². The summed E-state index contributed by atoms with van der Waals surface area (Å²) in [7, 11) is 4.74. The molecule has 7 heteroatoms. The standard InChI is InChI=1S/C19H18BrN3O3/c1-24-16-10-18(26-3)17(25-2)8-13(16)15-9-14(22-19(21)23-15)11-4-6-12(20)7-5-11/h4-10H,1-3H3,(H2,21,22,23). The van der Waals surface area contributed by atoms with Crippen molar-refractivity contribution in [3.63, 3.8) is 0 Å². The Morgan fingerprint density at radius 1 is 0.769 bits per heavy atom. The van der Waals surface area contributed by atoms with Crippen molar-refractivity contribution in [3.05, 3.63) is 46.9 Å². The van der Waals surface area contributed by atoms with Crippen molar-refractivity contribution in [2.75, 3.05) is 27.1 Å². The molecule has 0 aliphatic heterocycles. The molecule has 6 nitrogen and oxygen atoms in total. The predicted octanol–water partition coefficient (Wildman–Crippen LogP) is 4.18. The van der Waals surface area contributed by atoms with E-state index in [0.29, 0.717) is 22.9 Å². The first kappa shape index (κ1) is 18.0. The largest absolute Gasteiger partial charge is 0.496 e. The van der Waals surface area contributed by atoms with E-state index in [0.717, 1.165) is 21.3 Å². The van der Waals surface area contributed by atoms with Gasteiger partial charge in [-0.25, -0.2) is 9.97 Å². The van der Waals surface area contributed by atoms with Crippen LogP contribution in [0.4, 0.5) is 5.95 Å². The van der Waals surface area contributed by atoms with Gasteiger partial charge in [-0.1, -0.05) is 28.1 Å². The average molecular weight is 416 g/mol.